The molecule has 0 aromatic carbocycles. The Bertz CT molecular complexity index is 327. The molecule has 3 N–H and O–H groups in total. The molecule has 0 radical (unpaired) electrons. The van der Waals surface area contributed by atoms with Crippen LogP contribution in [0.4, 0.5) is 4.79 Å². The predicted molar refractivity (Wildman–Crippen MR) is 96.7 cm³/mol. The van der Waals surface area contributed by atoms with Crippen LogP contribution in [-0.2, 0) is 4.74 Å². The molecule has 1 unspecified atom stereocenters. The molecule has 0 aliphatic heterocycles. The van der Waals surface area contributed by atoms with Crippen molar-refractivity contribution in [2.75, 3.05) is 46.8 Å². The average molecular weight is 331 g/mol. The number of nitrogens with two attached hydrogens (primary N) is 1. The summed E-state index contributed by atoms with van der Waals surface area (Å²) < 4.78 is 5.26. The molecular formula is C17H38N4O2. The SMILES string of the molecule is CC(C)CN(CCN(C)C)C(CN)CCNC(=O)OC(C)(C)C. The summed E-state index contributed by atoms with van der Waals surface area (Å²) in [6, 6.07) is 0.271. The molecule has 0 aliphatic carbocycles. The first kappa shape index (κ1) is 22.1. The van der Waals surface area contributed by atoms with Gasteiger partial charge in [0.1, 0.15) is 5.60 Å². The Morgan fingerprint density at radius 1 is 1.22 bits per heavy atom. The number of nitrogens with zero attached hydrogens (tertiary/aromatic N) is 2. The van der Waals surface area contributed by atoms with E-state index in [0.717, 1.165) is 26.1 Å². The summed E-state index contributed by atoms with van der Waals surface area (Å²) in [7, 11) is 4.16. The van der Waals surface area contributed by atoms with Crippen molar-refractivity contribution < 1.29 is 9.53 Å². The molecule has 1 amide bonds. The number of nitrogens with one attached hydrogen (secondary N) is 1. The molecular weight excluding hydrogens is 292 g/mol. The van der Waals surface area contributed by atoms with Gasteiger partial charge in [-0.05, 0) is 47.2 Å². The van der Waals surface area contributed by atoms with Crippen molar-refractivity contribution in [1.29, 1.82) is 0 Å². The monoisotopic (exact) mass is 330 g/mol. The number of alkyl carbamates (subject to hydrolysis) is 1. The zero-order valence-corrected chi connectivity index (χ0v) is 16.2. The van der Waals surface area contributed by atoms with E-state index < -0.39 is 5.60 Å². The smallest absolute Gasteiger partial charge is 0.407 e. The number of carbonyl (C=O) groups is 1. The van der Waals surface area contributed by atoms with E-state index in [4.69, 9.17) is 10.5 Å². The van der Waals surface area contributed by atoms with E-state index in [1.165, 1.54) is 0 Å². The number of ether oxygens (including phenoxy) is 1. The first-order chi connectivity index (χ1) is 10.5. The molecule has 0 aromatic heterocycles. The Morgan fingerprint density at radius 2 is 1.83 bits per heavy atom. The van der Waals surface area contributed by atoms with Gasteiger partial charge >= 0.3 is 6.09 Å². The first-order valence-electron chi connectivity index (χ1n) is 8.60. The fourth-order valence-corrected chi connectivity index (χ4v) is 2.32. The molecule has 6 heteroatoms. The van der Waals surface area contributed by atoms with Crippen LogP contribution >= 0.6 is 0 Å². The van der Waals surface area contributed by atoms with Crippen LogP contribution in [0.3, 0.4) is 0 Å². The van der Waals surface area contributed by atoms with E-state index in [2.05, 4.69) is 43.1 Å². The fourth-order valence-electron chi connectivity index (χ4n) is 2.32. The number of hydrogen-bond acceptors (Lipinski definition) is 5. The highest BCUT2D eigenvalue weighted by Crippen LogP contribution is 2.09. The maximum absolute atomic E-state index is 11.7. The van der Waals surface area contributed by atoms with E-state index in [9.17, 15) is 4.79 Å². The lowest BCUT2D eigenvalue weighted by Gasteiger charge is -2.33. The van der Waals surface area contributed by atoms with Gasteiger partial charge in [-0.15, -0.1) is 0 Å². The lowest BCUT2D eigenvalue weighted by Crippen LogP contribution is -2.47. The Labute approximate surface area is 142 Å². The van der Waals surface area contributed by atoms with Crippen molar-refractivity contribution >= 4 is 6.09 Å². The highest BCUT2D eigenvalue weighted by Gasteiger charge is 2.20. The van der Waals surface area contributed by atoms with Crippen LogP contribution in [0.1, 0.15) is 41.0 Å². The molecule has 0 saturated heterocycles. The molecule has 0 aromatic rings. The Kier molecular flexibility index (Phi) is 10.4. The summed E-state index contributed by atoms with van der Waals surface area (Å²) in [6.07, 6.45) is 0.465. The van der Waals surface area contributed by atoms with Gasteiger partial charge in [0.15, 0.2) is 0 Å². The van der Waals surface area contributed by atoms with Crippen LogP contribution in [-0.4, -0.2) is 74.4 Å². The molecule has 0 saturated carbocycles. The van der Waals surface area contributed by atoms with Gasteiger partial charge in [-0.2, -0.15) is 0 Å². The normalized spacial score (nSPS) is 13.7. The summed E-state index contributed by atoms with van der Waals surface area (Å²) in [5.41, 5.74) is 5.51. The topological polar surface area (TPSA) is 70.8 Å². The van der Waals surface area contributed by atoms with Crippen molar-refractivity contribution in [3.8, 4) is 0 Å². The highest BCUT2D eigenvalue weighted by molar-refractivity contribution is 5.67. The molecule has 0 bridgehead atoms. The summed E-state index contributed by atoms with van der Waals surface area (Å²) in [5.74, 6) is 0.588. The van der Waals surface area contributed by atoms with E-state index in [-0.39, 0.29) is 12.1 Å². The molecule has 6 nitrogen and oxygen atoms in total. The number of carbonyl (C=O) groups excluding carboxylic acids is 1. The third-order valence-corrected chi connectivity index (χ3v) is 3.37. The van der Waals surface area contributed by atoms with E-state index in [1.807, 2.05) is 20.8 Å². The zero-order chi connectivity index (χ0) is 18.0. The van der Waals surface area contributed by atoms with Crippen LogP contribution in [0, 0.1) is 5.92 Å². The van der Waals surface area contributed by atoms with Crippen molar-refractivity contribution in [2.45, 2.75) is 52.7 Å². The molecule has 0 aliphatic rings. The van der Waals surface area contributed by atoms with Crippen LogP contribution in [0.5, 0.6) is 0 Å². The van der Waals surface area contributed by atoms with Crippen LogP contribution < -0.4 is 11.1 Å². The summed E-state index contributed by atoms with van der Waals surface area (Å²) in [5, 5.41) is 2.82. The van der Waals surface area contributed by atoms with E-state index in [1.54, 1.807) is 0 Å². The minimum atomic E-state index is -0.466. The first-order valence-corrected chi connectivity index (χ1v) is 8.60. The predicted octanol–water partition coefficient (Wildman–Crippen LogP) is 1.75. The van der Waals surface area contributed by atoms with Gasteiger partial charge < -0.3 is 20.7 Å². The summed E-state index contributed by atoms with van der Waals surface area (Å²) in [4.78, 5) is 16.3. The van der Waals surface area contributed by atoms with Gasteiger partial charge in [0.05, 0.1) is 0 Å². The Hall–Kier alpha value is -0.850. The molecule has 23 heavy (non-hydrogen) atoms. The van der Waals surface area contributed by atoms with E-state index in [0.29, 0.717) is 19.0 Å². The second-order valence-corrected chi connectivity index (χ2v) is 7.80. The quantitative estimate of drug-likeness (QED) is 0.638. The van der Waals surface area contributed by atoms with Gasteiger partial charge in [0, 0.05) is 38.8 Å². The second kappa shape index (κ2) is 10.8. The third-order valence-electron chi connectivity index (χ3n) is 3.37. The van der Waals surface area contributed by atoms with Gasteiger partial charge in [-0.3, -0.25) is 4.90 Å². The average Bonchev–Trinajstić information content (AvgIpc) is 2.37. The van der Waals surface area contributed by atoms with E-state index >= 15 is 0 Å². The van der Waals surface area contributed by atoms with Crippen LogP contribution in [0.25, 0.3) is 0 Å². The zero-order valence-electron chi connectivity index (χ0n) is 16.2. The largest absolute Gasteiger partial charge is 0.444 e. The maximum Gasteiger partial charge on any atom is 0.407 e. The minimum Gasteiger partial charge on any atom is -0.444 e. The lowest BCUT2D eigenvalue weighted by atomic mass is 10.1. The molecule has 0 spiro atoms. The van der Waals surface area contributed by atoms with Gasteiger partial charge in [0.2, 0.25) is 0 Å². The molecule has 0 heterocycles. The number of hydrogen-bond donors (Lipinski definition) is 2. The number of rotatable bonds is 10. The van der Waals surface area contributed by atoms with Gasteiger partial charge in [0.25, 0.3) is 0 Å². The lowest BCUT2D eigenvalue weighted by molar-refractivity contribution is 0.0520. The maximum atomic E-state index is 11.7. The third kappa shape index (κ3) is 12.3. The Morgan fingerprint density at radius 3 is 2.26 bits per heavy atom. The Balaban J connectivity index is 4.41. The van der Waals surface area contributed by atoms with Crippen LogP contribution in [0.15, 0.2) is 0 Å². The molecule has 0 rings (SSSR count). The number of likely N-dealkylation sites (N-methyl/N-ethyl adjacent to an activating group) is 1. The molecule has 0 fully saturated rings. The van der Waals surface area contributed by atoms with Gasteiger partial charge in [-0.1, -0.05) is 13.8 Å². The van der Waals surface area contributed by atoms with Gasteiger partial charge in [-0.25, -0.2) is 4.79 Å². The summed E-state index contributed by atoms with van der Waals surface area (Å²) in [6.45, 7) is 14.2. The summed E-state index contributed by atoms with van der Waals surface area (Å²) >= 11 is 0. The number of amides is 1. The van der Waals surface area contributed by atoms with Crippen molar-refractivity contribution in [3.63, 3.8) is 0 Å². The van der Waals surface area contributed by atoms with Crippen molar-refractivity contribution in [1.82, 2.24) is 15.1 Å². The highest BCUT2D eigenvalue weighted by atomic mass is 16.6. The van der Waals surface area contributed by atoms with Crippen LogP contribution in [0.2, 0.25) is 0 Å². The molecule has 138 valence electrons. The van der Waals surface area contributed by atoms with Crippen molar-refractivity contribution in [2.24, 2.45) is 11.7 Å². The van der Waals surface area contributed by atoms with Crippen molar-refractivity contribution in [3.05, 3.63) is 0 Å². The molecule has 1 atom stereocenters. The minimum absolute atomic E-state index is 0.271. The fraction of sp³-hybridized carbons (Fsp3) is 0.941. The second-order valence-electron chi connectivity index (χ2n) is 7.80. The standard InChI is InChI=1S/C17H38N4O2/c1-14(2)13-21(11-10-20(6)7)15(12-18)8-9-19-16(22)23-17(3,4)5/h14-15H,8-13,18H2,1-7H3,(H,19,22).